The van der Waals surface area contributed by atoms with Crippen LogP contribution in [0.25, 0.3) is 0 Å². The summed E-state index contributed by atoms with van der Waals surface area (Å²) in [5.74, 6) is 1.22. The molecule has 1 aliphatic heterocycles. The van der Waals surface area contributed by atoms with Crippen LogP contribution in [0.1, 0.15) is 22.3 Å². The summed E-state index contributed by atoms with van der Waals surface area (Å²) in [4.78, 5) is 7.89. The first-order chi connectivity index (χ1) is 14.2. The summed E-state index contributed by atoms with van der Waals surface area (Å²) in [5, 5.41) is 0. The molecule has 0 atom stereocenters. The van der Waals surface area contributed by atoms with Gasteiger partial charge in [-0.2, -0.15) is 4.39 Å². The summed E-state index contributed by atoms with van der Waals surface area (Å²) in [7, 11) is 0. The van der Waals surface area contributed by atoms with Gasteiger partial charge in [-0.05, 0) is 60.4 Å². The minimum Gasteiger partial charge on any atom is -0.457 e. The van der Waals surface area contributed by atoms with E-state index in [-0.39, 0.29) is 0 Å². The van der Waals surface area contributed by atoms with Gasteiger partial charge in [0.15, 0.2) is 0 Å². The molecule has 4 heteroatoms. The van der Waals surface area contributed by atoms with Gasteiger partial charge in [0, 0.05) is 35.1 Å². The molecule has 2 aromatic carbocycles. The van der Waals surface area contributed by atoms with E-state index in [1.54, 1.807) is 0 Å². The molecule has 4 aromatic rings. The average molecular weight is 382 g/mol. The van der Waals surface area contributed by atoms with Gasteiger partial charge in [-0.3, -0.25) is 4.98 Å². The van der Waals surface area contributed by atoms with Crippen LogP contribution >= 0.6 is 0 Å². The minimum absolute atomic E-state index is 0.402. The van der Waals surface area contributed by atoms with Crippen LogP contribution in [0.15, 0.2) is 91.4 Å². The lowest BCUT2D eigenvalue weighted by Gasteiger charge is -2.41. The van der Waals surface area contributed by atoms with E-state index in [1.165, 1.54) is 17.8 Å². The van der Waals surface area contributed by atoms with E-state index in [4.69, 9.17) is 4.74 Å². The van der Waals surface area contributed by atoms with Crippen molar-refractivity contribution in [2.75, 3.05) is 0 Å². The zero-order chi connectivity index (χ0) is 19.7. The second-order valence-electron chi connectivity index (χ2n) is 7.37. The Hall–Kier alpha value is -3.53. The van der Waals surface area contributed by atoms with Gasteiger partial charge in [0.25, 0.3) is 0 Å². The van der Waals surface area contributed by atoms with Crippen molar-refractivity contribution >= 4 is 0 Å². The van der Waals surface area contributed by atoms with Crippen LogP contribution in [0.5, 0.6) is 11.5 Å². The van der Waals surface area contributed by atoms with Crippen molar-refractivity contribution in [3.63, 3.8) is 0 Å². The number of aromatic nitrogens is 2. The molecule has 0 radical (unpaired) electrons. The molecule has 3 heterocycles. The zero-order valence-electron chi connectivity index (χ0n) is 15.8. The Labute approximate surface area is 168 Å². The lowest BCUT2D eigenvalue weighted by molar-refractivity contribution is 0.385. The molecule has 0 saturated carbocycles. The fourth-order valence-electron chi connectivity index (χ4n) is 4.36. The Morgan fingerprint density at radius 2 is 1.31 bits per heavy atom. The van der Waals surface area contributed by atoms with Gasteiger partial charge in [0.2, 0.25) is 5.95 Å². The number of hydrogen-bond acceptors (Lipinski definition) is 3. The highest BCUT2D eigenvalue weighted by molar-refractivity contribution is 5.59. The van der Waals surface area contributed by atoms with Crippen LogP contribution in [-0.4, -0.2) is 9.97 Å². The lowest BCUT2D eigenvalue weighted by atomic mass is 9.65. The normalized spacial score (nSPS) is 13.8. The number of ether oxygens (including phenoxy) is 1. The van der Waals surface area contributed by atoms with Crippen LogP contribution < -0.4 is 4.74 Å². The van der Waals surface area contributed by atoms with Crippen molar-refractivity contribution in [3.05, 3.63) is 120 Å². The van der Waals surface area contributed by atoms with E-state index in [9.17, 15) is 4.39 Å². The highest BCUT2D eigenvalue weighted by Gasteiger charge is 2.42. The third kappa shape index (κ3) is 3.17. The second-order valence-corrected chi connectivity index (χ2v) is 7.37. The van der Waals surface area contributed by atoms with Crippen molar-refractivity contribution in [3.8, 4) is 11.5 Å². The summed E-state index contributed by atoms with van der Waals surface area (Å²) in [6, 6.07) is 23.7. The lowest BCUT2D eigenvalue weighted by Crippen LogP contribution is -2.36. The maximum absolute atomic E-state index is 13.9. The fraction of sp³-hybridized carbons (Fsp3) is 0.120. The van der Waals surface area contributed by atoms with E-state index in [0.717, 1.165) is 34.6 Å². The van der Waals surface area contributed by atoms with Gasteiger partial charge in [0.1, 0.15) is 11.5 Å². The molecule has 0 N–H and O–H groups in total. The van der Waals surface area contributed by atoms with E-state index >= 15 is 0 Å². The molecule has 0 bridgehead atoms. The number of benzene rings is 2. The zero-order valence-corrected chi connectivity index (χ0v) is 15.8. The largest absolute Gasteiger partial charge is 0.457 e. The molecule has 5 rings (SSSR count). The van der Waals surface area contributed by atoms with Crippen LogP contribution in [0.3, 0.4) is 0 Å². The third-order valence-electron chi connectivity index (χ3n) is 5.58. The van der Waals surface area contributed by atoms with Crippen molar-refractivity contribution in [2.24, 2.45) is 0 Å². The van der Waals surface area contributed by atoms with E-state index < -0.39 is 11.4 Å². The molecular formula is C25H19FN2O. The molecule has 0 saturated heterocycles. The first-order valence-electron chi connectivity index (χ1n) is 9.61. The number of rotatable bonds is 4. The van der Waals surface area contributed by atoms with E-state index in [0.29, 0.717) is 6.42 Å². The number of nitrogens with zero attached hydrogens (tertiary/aromatic N) is 2. The maximum atomic E-state index is 13.9. The maximum Gasteiger partial charge on any atom is 0.213 e. The van der Waals surface area contributed by atoms with Gasteiger partial charge in [-0.1, -0.05) is 36.4 Å². The van der Waals surface area contributed by atoms with Crippen molar-refractivity contribution < 1.29 is 9.13 Å². The number of pyridine rings is 2. The predicted octanol–water partition coefficient (Wildman–Crippen LogP) is 5.49. The second kappa shape index (κ2) is 7.13. The molecule has 0 spiro atoms. The first kappa shape index (κ1) is 17.6. The first-order valence-corrected chi connectivity index (χ1v) is 9.61. The molecule has 2 aromatic heterocycles. The highest BCUT2D eigenvalue weighted by Crippen LogP contribution is 2.51. The molecule has 0 aliphatic carbocycles. The molecule has 29 heavy (non-hydrogen) atoms. The molecule has 3 nitrogen and oxygen atoms in total. The molecule has 142 valence electrons. The van der Waals surface area contributed by atoms with Gasteiger partial charge in [0.05, 0.1) is 0 Å². The fourth-order valence-corrected chi connectivity index (χ4v) is 4.36. The Morgan fingerprint density at radius 3 is 1.97 bits per heavy atom. The Morgan fingerprint density at radius 1 is 0.724 bits per heavy atom. The third-order valence-corrected chi connectivity index (χ3v) is 5.58. The van der Waals surface area contributed by atoms with Crippen LogP contribution in [-0.2, 0) is 18.3 Å². The van der Waals surface area contributed by atoms with E-state index in [2.05, 4.69) is 22.1 Å². The van der Waals surface area contributed by atoms with Gasteiger partial charge in [-0.25, -0.2) is 4.98 Å². The molecule has 0 fully saturated rings. The van der Waals surface area contributed by atoms with Crippen LogP contribution in [0, 0.1) is 5.95 Å². The molecule has 0 amide bonds. The van der Waals surface area contributed by atoms with Gasteiger partial charge in [-0.15, -0.1) is 0 Å². The average Bonchev–Trinajstić information content (AvgIpc) is 2.75. The van der Waals surface area contributed by atoms with Crippen LogP contribution in [0.4, 0.5) is 4.39 Å². The standard InChI is InChI=1S/C25H19FN2O/c26-24-15-19(11-14-28-24)17-25(16-18-9-12-27-13-10-18)20-5-1-3-7-22(20)29-23-8-4-2-6-21(23)25/h1-15H,16-17H2. The molecule has 1 aliphatic rings. The summed E-state index contributed by atoms with van der Waals surface area (Å²) in [6.45, 7) is 0. The number of fused-ring (bicyclic) bond motifs is 2. The predicted molar refractivity (Wildman–Crippen MR) is 110 cm³/mol. The Bertz CT molecular complexity index is 1110. The van der Waals surface area contributed by atoms with Crippen molar-refractivity contribution in [1.29, 1.82) is 0 Å². The smallest absolute Gasteiger partial charge is 0.213 e. The van der Waals surface area contributed by atoms with E-state index in [1.807, 2.05) is 67.0 Å². The number of hydrogen-bond donors (Lipinski definition) is 0. The Kier molecular flexibility index (Phi) is 4.32. The summed E-state index contributed by atoms with van der Waals surface area (Å²) < 4.78 is 20.2. The van der Waals surface area contributed by atoms with Crippen molar-refractivity contribution in [2.45, 2.75) is 18.3 Å². The summed E-state index contributed by atoms with van der Waals surface area (Å²) in [5.41, 5.74) is 3.88. The van der Waals surface area contributed by atoms with Crippen LogP contribution in [0.2, 0.25) is 0 Å². The number of para-hydroxylation sites is 2. The van der Waals surface area contributed by atoms with Gasteiger partial charge >= 0.3 is 0 Å². The molecular weight excluding hydrogens is 363 g/mol. The number of halogens is 1. The quantitative estimate of drug-likeness (QED) is 0.438. The SMILES string of the molecule is Fc1cc(CC2(Cc3ccncc3)c3ccccc3Oc3ccccc32)ccn1. The van der Waals surface area contributed by atoms with Gasteiger partial charge < -0.3 is 4.74 Å². The Balaban J connectivity index is 1.75. The summed E-state index contributed by atoms with van der Waals surface area (Å²) >= 11 is 0. The summed E-state index contributed by atoms with van der Waals surface area (Å²) in [6.07, 6.45) is 6.53. The topological polar surface area (TPSA) is 35.0 Å². The minimum atomic E-state index is -0.463. The monoisotopic (exact) mass is 382 g/mol. The highest BCUT2D eigenvalue weighted by atomic mass is 19.1. The van der Waals surface area contributed by atoms with Crippen molar-refractivity contribution in [1.82, 2.24) is 9.97 Å². The molecule has 0 unspecified atom stereocenters.